The number of nitrogens with zero attached hydrogens (tertiary/aromatic N) is 2. The molecule has 0 aliphatic rings. The molecular weight excluding hydrogens is 294 g/mol. The van der Waals surface area contributed by atoms with Crippen LogP contribution in [0.4, 0.5) is 11.5 Å². The first-order valence-corrected chi connectivity index (χ1v) is 7.54. The molecule has 0 aliphatic heterocycles. The molecule has 0 saturated carbocycles. The molecule has 0 saturated heterocycles. The number of ether oxygens (including phenoxy) is 1. The molecule has 6 heteroatoms. The molecule has 2 aromatic rings. The molecule has 6 nitrogen and oxygen atoms in total. The number of esters is 1. The second-order valence-electron chi connectivity index (χ2n) is 5.32. The molecule has 0 spiro atoms. The second-order valence-corrected chi connectivity index (χ2v) is 5.32. The summed E-state index contributed by atoms with van der Waals surface area (Å²) in [5.74, 6) is -0.114. The Morgan fingerprint density at radius 2 is 2.04 bits per heavy atom. The third-order valence-corrected chi connectivity index (χ3v) is 3.62. The van der Waals surface area contributed by atoms with Crippen LogP contribution in [-0.2, 0) is 22.5 Å². The molecule has 0 radical (unpaired) electrons. The van der Waals surface area contributed by atoms with Gasteiger partial charge in [-0.25, -0.2) is 4.98 Å². The van der Waals surface area contributed by atoms with Gasteiger partial charge in [0.05, 0.1) is 13.0 Å². The molecule has 1 aromatic carbocycles. The Balaban J connectivity index is 2.09. The van der Waals surface area contributed by atoms with Gasteiger partial charge in [-0.1, -0.05) is 19.1 Å². The molecule has 1 heterocycles. The van der Waals surface area contributed by atoms with Gasteiger partial charge in [0, 0.05) is 24.6 Å². The molecule has 23 heavy (non-hydrogen) atoms. The van der Waals surface area contributed by atoms with Crippen LogP contribution in [0.25, 0.3) is 0 Å². The third kappa shape index (κ3) is 4.18. The van der Waals surface area contributed by atoms with E-state index in [-0.39, 0.29) is 17.4 Å². The van der Waals surface area contributed by atoms with Crippen molar-refractivity contribution in [3.05, 3.63) is 52.6 Å². The van der Waals surface area contributed by atoms with Crippen molar-refractivity contribution in [3.63, 3.8) is 0 Å². The Morgan fingerprint density at radius 3 is 2.65 bits per heavy atom. The lowest BCUT2D eigenvalue weighted by atomic mass is 10.0. The molecule has 2 rings (SSSR count). The van der Waals surface area contributed by atoms with Crippen molar-refractivity contribution < 1.29 is 9.53 Å². The summed E-state index contributed by atoms with van der Waals surface area (Å²) in [6.07, 6.45) is 3.86. The van der Waals surface area contributed by atoms with Crippen LogP contribution in [0.5, 0.6) is 0 Å². The highest BCUT2D eigenvalue weighted by Gasteiger charge is 2.13. The van der Waals surface area contributed by atoms with E-state index in [1.54, 1.807) is 17.0 Å². The Kier molecular flexibility index (Phi) is 5.51. The average Bonchev–Trinajstić information content (AvgIpc) is 2.57. The van der Waals surface area contributed by atoms with Crippen LogP contribution in [0, 0.1) is 5.92 Å². The Morgan fingerprint density at radius 1 is 1.35 bits per heavy atom. The van der Waals surface area contributed by atoms with Gasteiger partial charge < -0.3 is 14.6 Å². The summed E-state index contributed by atoms with van der Waals surface area (Å²) in [5.41, 5.74) is 1.65. The lowest BCUT2D eigenvalue weighted by Crippen LogP contribution is -2.22. The van der Waals surface area contributed by atoms with E-state index in [0.29, 0.717) is 18.8 Å². The quantitative estimate of drug-likeness (QED) is 0.828. The first kappa shape index (κ1) is 16.7. The van der Waals surface area contributed by atoms with E-state index in [0.717, 1.165) is 11.3 Å². The zero-order valence-corrected chi connectivity index (χ0v) is 13.6. The van der Waals surface area contributed by atoms with Gasteiger partial charge in [-0.05, 0) is 31.0 Å². The van der Waals surface area contributed by atoms with Gasteiger partial charge >= 0.3 is 5.97 Å². The second kappa shape index (κ2) is 7.58. The standard InChI is InChI=1S/C17H21N3O3/c1-4-20-10-9-18-15(16(20)21)19-14-7-5-13(6-8-14)11-12(2)17(22)23-3/h5-10,12H,4,11H2,1-3H3,(H,18,19). The Labute approximate surface area is 135 Å². The van der Waals surface area contributed by atoms with Crippen LogP contribution in [0.1, 0.15) is 19.4 Å². The van der Waals surface area contributed by atoms with E-state index in [2.05, 4.69) is 10.3 Å². The summed E-state index contributed by atoms with van der Waals surface area (Å²) < 4.78 is 6.31. The normalized spacial score (nSPS) is 11.8. The molecule has 122 valence electrons. The number of carbonyl (C=O) groups excluding carboxylic acids is 1. The summed E-state index contributed by atoms with van der Waals surface area (Å²) in [6.45, 7) is 4.34. The van der Waals surface area contributed by atoms with Gasteiger partial charge in [0.2, 0.25) is 0 Å². The molecule has 0 fully saturated rings. The minimum atomic E-state index is -0.221. The van der Waals surface area contributed by atoms with Crippen molar-refractivity contribution in [1.29, 1.82) is 0 Å². The van der Waals surface area contributed by atoms with Crippen molar-refractivity contribution in [3.8, 4) is 0 Å². The fourth-order valence-corrected chi connectivity index (χ4v) is 2.28. The lowest BCUT2D eigenvalue weighted by Gasteiger charge is -2.10. The number of aryl methyl sites for hydroxylation is 1. The average molecular weight is 315 g/mol. The summed E-state index contributed by atoms with van der Waals surface area (Å²) in [5, 5.41) is 3.03. The van der Waals surface area contributed by atoms with Gasteiger partial charge in [0.25, 0.3) is 5.56 Å². The first-order chi connectivity index (χ1) is 11.0. The zero-order valence-electron chi connectivity index (χ0n) is 13.6. The minimum absolute atomic E-state index is 0.154. The van der Waals surface area contributed by atoms with Crippen molar-refractivity contribution in [1.82, 2.24) is 9.55 Å². The molecule has 1 N–H and O–H groups in total. The number of hydrogen-bond donors (Lipinski definition) is 1. The summed E-state index contributed by atoms with van der Waals surface area (Å²) in [6, 6.07) is 7.57. The van der Waals surface area contributed by atoms with E-state index >= 15 is 0 Å². The smallest absolute Gasteiger partial charge is 0.308 e. The topological polar surface area (TPSA) is 73.2 Å². The highest BCUT2D eigenvalue weighted by atomic mass is 16.5. The fraction of sp³-hybridized carbons (Fsp3) is 0.353. The van der Waals surface area contributed by atoms with E-state index in [9.17, 15) is 9.59 Å². The van der Waals surface area contributed by atoms with Crippen molar-refractivity contribution in [2.24, 2.45) is 5.92 Å². The van der Waals surface area contributed by atoms with E-state index in [1.807, 2.05) is 38.1 Å². The number of carbonyl (C=O) groups is 1. The Hall–Kier alpha value is -2.63. The van der Waals surface area contributed by atoms with Crippen LogP contribution in [0.15, 0.2) is 41.5 Å². The van der Waals surface area contributed by atoms with Gasteiger partial charge in [-0.15, -0.1) is 0 Å². The van der Waals surface area contributed by atoms with Crippen LogP contribution < -0.4 is 10.9 Å². The molecule has 1 unspecified atom stereocenters. The van der Waals surface area contributed by atoms with Crippen molar-refractivity contribution >= 4 is 17.5 Å². The van der Waals surface area contributed by atoms with Crippen molar-refractivity contribution in [2.75, 3.05) is 12.4 Å². The van der Waals surface area contributed by atoms with Gasteiger partial charge in [0.15, 0.2) is 5.82 Å². The monoisotopic (exact) mass is 315 g/mol. The number of hydrogen-bond acceptors (Lipinski definition) is 5. The highest BCUT2D eigenvalue weighted by Crippen LogP contribution is 2.16. The SMILES string of the molecule is CCn1ccnc(Nc2ccc(CC(C)C(=O)OC)cc2)c1=O. The summed E-state index contributed by atoms with van der Waals surface area (Å²) in [4.78, 5) is 27.6. The molecule has 1 atom stereocenters. The molecule has 0 amide bonds. The predicted molar refractivity (Wildman–Crippen MR) is 88.8 cm³/mol. The van der Waals surface area contributed by atoms with Crippen LogP contribution in [-0.4, -0.2) is 22.6 Å². The summed E-state index contributed by atoms with van der Waals surface area (Å²) >= 11 is 0. The van der Waals surface area contributed by atoms with E-state index in [1.165, 1.54) is 7.11 Å². The fourth-order valence-electron chi connectivity index (χ4n) is 2.28. The number of methoxy groups -OCH3 is 1. The highest BCUT2D eigenvalue weighted by molar-refractivity contribution is 5.72. The van der Waals surface area contributed by atoms with Crippen molar-refractivity contribution in [2.45, 2.75) is 26.8 Å². The Bertz CT molecular complexity index is 723. The maximum atomic E-state index is 12.1. The van der Waals surface area contributed by atoms with Gasteiger partial charge in [0.1, 0.15) is 0 Å². The molecular formula is C17H21N3O3. The third-order valence-electron chi connectivity index (χ3n) is 3.62. The molecule has 1 aromatic heterocycles. The number of nitrogens with one attached hydrogen (secondary N) is 1. The molecule has 0 bridgehead atoms. The number of aromatic nitrogens is 2. The van der Waals surface area contributed by atoms with E-state index in [4.69, 9.17) is 4.74 Å². The van der Waals surface area contributed by atoms with Crippen LogP contribution >= 0.6 is 0 Å². The van der Waals surface area contributed by atoms with Crippen LogP contribution in [0.3, 0.4) is 0 Å². The lowest BCUT2D eigenvalue weighted by molar-refractivity contribution is -0.144. The maximum absolute atomic E-state index is 12.1. The maximum Gasteiger partial charge on any atom is 0.308 e. The number of rotatable bonds is 6. The van der Waals surface area contributed by atoms with Gasteiger partial charge in [-0.2, -0.15) is 0 Å². The predicted octanol–water partition coefficient (Wildman–Crippen LogP) is 2.36. The summed E-state index contributed by atoms with van der Waals surface area (Å²) in [7, 11) is 1.39. The molecule has 0 aliphatic carbocycles. The first-order valence-electron chi connectivity index (χ1n) is 7.54. The minimum Gasteiger partial charge on any atom is -0.469 e. The largest absolute Gasteiger partial charge is 0.469 e. The van der Waals surface area contributed by atoms with E-state index < -0.39 is 0 Å². The number of benzene rings is 1. The number of anilines is 2. The van der Waals surface area contributed by atoms with Gasteiger partial charge in [-0.3, -0.25) is 9.59 Å². The zero-order chi connectivity index (χ0) is 16.8. The van der Waals surface area contributed by atoms with Crippen LogP contribution in [0.2, 0.25) is 0 Å².